The van der Waals surface area contributed by atoms with Crippen LogP contribution in [0.5, 0.6) is 0 Å². The van der Waals surface area contributed by atoms with Gasteiger partial charge in [0.25, 0.3) is 0 Å². The molecule has 0 aliphatic carbocycles. The molecule has 0 spiro atoms. The Balaban J connectivity index is 1.81. The van der Waals surface area contributed by atoms with E-state index in [4.69, 9.17) is 28.5 Å². The van der Waals surface area contributed by atoms with Crippen molar-refractivity contribution in [2.45, 2.75) is 4.90 Å². The standard InChI is InChI=1S/C14H11Cl2N3S/c15-10-1-3-11(4-2-10)20-8-7-18-14-6-5-12(16)13(9-17)19-14/h1-6H,7-8H2,(H,18,19). The van der Waals surface area contributed by atoms with E-state index in [-0.39, 0.29) is 5.69 Å². The summed E-state index contributed by atoms with van der Waals surface area (Å²) in [6, 6.07) is 13.1. The average Bonchev–Trinajstić information content (AvgIpc) is 2.47. The number of nitrogens with zero attached hydrogens (tertiary/aromatic N) is 2. The van der Waals surface area contributed by atoms with E-state index < -0.39 is 0 Å². The number of hydrogen-bond acceptors (Lipinski definition) is 4. The third kappa shape index (κ3) is 4.31. The molecule has 2 aromatic rings. The maximum absolute atomic E-state index is 8.85. The normalized spacial score (nSPS) is 10.1. The summed E-state index contributed by atoms with van der Waals surface area (Å²) in [5.74, 6) is 1.54. The molecule has 0 fully saturated rings. The summed E-state index contributed by atoms with van der Waals surface area (Å²) in [5.41, 5.74) is 0.238. The first-order chi connectivity index (χ1) is 9.69. The van der Waals surface area contributed by atoms with Crippen molar-refractivity contribution in [3.05, 3.63) is 52.1 Å². The van der Waals surface area contributed by atoms with Gasteiger partial charge in [0.05, 0.1) is 5.02 Å². The summed E-state index contributed by atoms with van der Waals surface area (Å²) in [5, 5.41) is 13.1. The lowest BCUT2D eigenvalue weighted by Crippen LogP contribution is -2.06. The van der Waals surface area contributed by atoms with Crippen LogP contribution >= 0.6 is 35.0 Å². The largest absolute Gasteiger partial charge is 0.369 e. The Morgan fingerprint density at radius 3 is 2.60 bits per heavy atom. The number of thioether (sulfide) groups is 1. The average molecular weight is 324 g/mol. The molecule has 20 heavy (non-hydrogen) atoms. The molecule has 1 heterocycles. The third-order valence-corrected chi connectivity index (χ3v) is 4.01. The lowest BCUT2D eigenvalue weighted by molar-refractivity contribution is 1.15. The van der Waals surface area contributed by atoms with Gasteiger partial charge in [0.1, 0.15) is 11.9 Å². The number of halogens is 2. The highest BCUT2D eigenvalue weighted by molar-refractivity contribution is 7.99. The second-order valence-corrected chi connectivity index (χ2v) is 5.88. The van der Waals surface area contributed by atoms with E-state index in [1.807, 2.05) is 30.3 Å². The quantitative estimate of drug-likeness (QED) is 0.651. The van der Waals surface area contributed by atoms with Crippen LogP contribution in [-0.2, 0) is 0 Å². The minimum Gasteiger partial charge on any atom is -0.369 e. The van der Waals surface area contributed by atoms with Crippen molar-refractivity contribution in [2.24, 2.45) is 0 Å². The molecule has 3 nitrogen and oxygen atoms in total. The Morgan fingerprint density at radius 1 is 1.15 bits per heavy atom. The maximum Gasteiger partial charge on any atom is 0.161 e. The van der Waals surface area contributed by atoms with Crippen LogP contribution in [0.25, 0.3) is 0 Å². The van der Waals surface area contributed by atoms with Crippen LogP contribution in [-0.4, -0.2) is 17.3 Å². The Hall–Kier alpha value is -1.41. The predicted molar refractivity (Wildman–Crippen MR) is 84.6 cm³/mol. The van der Waals surface area contributed by atoms with Crippen LogP contribution in [0.2, 0.25) is 10.0 Å². The summed E-state index contributed by atoms with van der Waals surface area (Å²) >= 11 is 13.4. The van der Waals surface area contributed by atoms with Crippen LogP contribution in [0.15, 0.2) is 41.3 Å². The first kappa shape index (κ1) is 15.0. The zero-order valence-electron chi connectivity index (χ0n) is 10.4. The number of benzene rings is 1. The Morgan fingerprint density at radius 2 is 1.90 bits per heavy atom. The second kappa shape index (κ2) is 7.39. The fourth-order valence-corrected chi connectivity index (χ4v) is 2.54. The van der Waals surface area contributed by atoms with Crippen molar-refractivity contribution in [2.75, 3.05) is 17.6 Å². The van der Waals surface area contributed by atoms with Gasteiger partial charge in [-0.3, -0.25) is 0 Å². The molecule has 0 radical (unpaired) electrons. The van der Waals surface area contributed by atoms with E-state index in [2.05, 4.69) is 10.3 Å². The lowest BCUT2D eigenvalue weighted by atomic mass is 10.3. The lowest BCUT2D eigenvalue weighted by Gasteiger charge is -2.06. The Labute approximate surface area is 131 Å². The molecule has 2 rings (SSSR count). The number of aromatic nitrogens is 1. The molecule has 0 saturated heterocycles. The number of nitrogens with one attached hydrogen (secondary N) is 1. The molecule has 1 aromatic heterocycles. The highest BCUT2D eigenvalue weighted by atomic mass is 35.5. The molecular weight excluding hydrogens is 313 g/mol. The SMILES string of the molecule is N#Cc1nc(NCCSc2ccc(Cl)cc2)ccc1Cl. The van der Waals surface area contributed by atoms with Gasteiger partial charge in [0, 0.05) is 22.2 Å². The summed E-state index contributed by atoms with van der Waals surface area (Å²) in [6.07, 6.45) is 0. The Kier molecular flexibility index (Phi) is 5.54. The van der Waals surface area contributed by atoms with Crippen molar-refractivity contribution in [1.82, 2.24) is 4.98 Å². The van der Waals surface area contributed by atoms with E-state index >= 15 is 0 Å². The fourth-order valence-electron chi connectivity index (χ4n) is 1.50. The molecule has 0 saturated carbocycles. The van der Waals surface area contributed by atoms with Crippen molar-refractivity contribution >= 4 is 40.8 Å². The summed E-state index contributed by atoms with van der Waals surface area (Å²) < 4.78 is 0. The van der Waals surface area contributed by atoms with Gasteiger partial charge < -0.3 is 5.32 Å². The number of rotatable bonds is 5. The molecule has 0 aliphatic heterocycles. The van der Waals surface area contributed by atoms with Gasteiger partial charge in [0.15, 0.2) is 5.69 Å². The van der Waals surface area contributed by atoms with E-state index in [1.165, 1.54) is 0 Å². The van der Waals surface area contributed by atoms with Crippen LogP contribution in [0.3, 0.4) is 0 Å². The van der Waals surface area contributed by atoms with Gasteiger partial charge in [-0.2, -0.15) is 5.26 Å². The van der Waals surface area contributed by atoms with Gasteiger partial charge in [-0.05, 0) is 36.4 Å². The van der Waals surface area contributed by atoms with Gasteiger partial charge in [-0.1, -0.05) is 23.2 Å². The van der Waals surface area contributed by atoms with E-state index in [0.717, 1.165) is 22.2 Å². The smallest absolute Gasteiger partial charge is 0.161 e. The van der Waals surface area contributed by atoms with Gasteiger partial charge >= 0.3 is 0 Å². The van der Waals surface area contributed by atoms with E-state index in [0.29, 0.717) is 10.8 Å². The topological polar surface area (TPSA) is 48.7 Å². The zero-order chi connectivity index (χ0) is 14.4. The second-order valence-electron chi connectivity index (χ2n) is 3.87. The molecule has 1 N–H and O–H groups in total. The molecule has 1 aromatic carbocycles. The third-order valence-electron chi connectivity index (χ3n) is 2.44. The van der Waals surface area contributed by atoms with E-state index in [1.54, 1.807) is 23.9 Å². The fraction of sp³-hybridized carbons (Fsp3) is 0.143. The van der Waals surface area contributed by atoms with Crippen molar-refractivity contribution in [3.8, 4) is 6.07 Å². The van der Waals surface area contributed by atoms with Crippen molar-refractivity contribution < 1.29 is 0 Å². The van der Waals surface area contributed by atoms with Gasteiger partial charge in [-0.15, -0.1) is 11.8 Å². The summed E-state index contributed by atoms with van der Waals surface area (Å²) in [4.78, 5) is 5.28. The van der Waals surface area contributed by atoms with E-state index in [9.17, 15) is 0 Å². The summed E-state index contributed by atoms with van der Waals surface area (Å²) in [7, 11) is 0. The first-order valence-corrected chi connectivity index (χ1v) is 7.62. The minimum absolute atomic E-state index is 0.238. The van der Waals surface area contributed by atoms with Crippen molar-refractivity contribution in [3.63, 3.8) is 0 Å². The number of hydrogen-bond donors (Lipinski definition) is 1. The Bertz CT molecular complexity index is 623. The highest BCUT2D eigenvalue weighted by Gasteiger charge is 2.02. The van der Waals surface area contributed by atoms with Crippen LogP contribution < -0.4 is 5.32 Å². The number of pyridine rings is 1. The molecule has 102 valence electrons. The monoisotopic (exact) mass is 323 g/mol. The zero-order valence-corrected chi connectivity index (χ0v) is 12.8. The molecule has 0 atom stereocenters. The maximum atomic E-state index is 8.85. The first-order valence-electron chi connectivity index (χ1n) is 5.88. The summed E-state index contributed by atoms with van der Waals surface area (Å²) in [6.45, 7) is 0.743. The molecule has 0 bridgehead atoms. The number of anilines is 1. The van der Waals surface area contributed by atoms with Crippen LogP contribution in [0.1, 0.15) is 5.69 Å². The van der Waals surface area contributed by atoms with Gasteiger partial charge in [0.2, 0.25) is 0 Å². The molecule has 0 unspecified atom stereocenters. The predicted octanol–water partition coefficient (Wildman–Crippen LogP) is 4.46. The highest BCUT2D eigenvalue weighted by Crippen LogP contribution is 2.20. The van der Waals surface area contributed by atoms with Crippen LogP contribution in [0, 0.1) is 11.3 Å². The molecule has 6 heteroatoms. The number of nitriles is 1. The molecular formula is C14H11Cl2N3S. The molecule has 0 aliphatic rings. The van der Waals surface area contributed by atoms with Crippen LogP contribution in [0.4, 0.5) is 5.82 Å². The minimum atomic E-state index is 0.238. The molecule has 0 amide bonds. The van der Waals surface area contributed by atoms with Crippen molar-refractivity contribution in [1.29, 1.82) is 5.26 Å². The van der Waals surface area contributed by atoms with Gasteiger partial charge in [-0.25, -0.2) is 4.98 Å².